The number of aliphatic hydroxyl groups is 1. The van der Waals surface area contributed by atoms with E-state index in [-0.39, 0.29) is 12.6 Å². The summed E-state index contributed by atoms with van der Waals surface area (Å²) in [4.78, 5) is 16.0. The van der Waals surface area contributed by atoms with Gasteiger partial charge in [-0.15, -0.1) is 0 Å². The fourth-order valence-electron chi connectivity index (χ4n) is 2.64. The second-order valence-corrected chi connectivity index (χ2v) is 5.72. The maximum Gasteiger partial charge on any atom is 0.337 e. The van der Waals surface area contributed by atoms with E-state index in [1.807, 2.05) is 0 Å². The molecule has 6 nitrogen and oxygen atoms in total. The number of carbonyl (C=O) groups excluding carboxylic acids is 1. The fourth-order valence-corrected chi connectivity index (χ4v) is 2.64. The first-order chi connectivity index (χ1) is 11.1. The largest absolute Gasteiger partial charge is 0.491 e. The van der Waals surface area contributed by atoms with Gasteiger partial charge in [-0.05, 0) is 30.8 Å². The lowest BCUT2D eigenvalue weighted by molar-refractivity contribution is 0.0470. The Morgan fingerprint density at radius 1 is 1.17 bits per heavy atom. The molecule has 1 atom stereocenters. The maximum atomic E-state index is 11.3. The van der Waals surface area contributed by atoms with Crippen LogP contribution in [0.4, 0.5) is 0 Å². The van der Waals surface area contributed by atoms with Gasteiger partial charge < -0.3 is 19.5 Å². The highest BCUT2D eigenvalue weighted by Gasteiger charge is 2.18. The molecule has 1 fully saturated rings. The molecule has 0 radical (unpaired) electrons. The predicted molar refractivity (Wildman–Crippen MR) is 87.8 cm³/mol. The molecule has 0 bridgehead atoms. The number of piperazine rings is 1. The van der Waals surface area contributed by atoms with Gasteiger partial charge in [0.2, 0.25) is 0 Å². The molecule has 1 aliphatic rings. The fraction of sp³-hybridized carbons (Fsp3) is 0.588. The number of nitrogens with zero attached hydrogens (tertiary/aromatic N) is 2. The summed E-state index contributed by atoms with van der Waals surface area (Å²) in [6, 6.07) is 6.72. The number of hydrogen-bond donors (Lipinski definition) is 1. The van der Waals surface area contributed by atoms with E-state index in [2.05, 4.69) is 21.5 Å². The van der Waals surface area contributed by atoms with Gasteiger partial charge in [0.05, 0.1) is 12.7 Å². The number of benzene rings is 1. The zero-order valence-electron chi connectivity index (χ0n) is 13.9. The number of rotatable bonds is 7. The maximum absolute atomic E-state index is 11.3. The van der Waals surface area contributed by atoms with Crippen molar-refractivity contribution in [3.05, 3.63) is 29.8 Å². The average molecular weight is 322 g/mol. The third-order valence-corrected chi connectivity index (χ3v) is 4.10. The molecule has 0 spiro atoms. The van der Waals surface area contributed by atoms with Crippen molar-refractivity contribution in [3.63, 3.8) is 0 Å². The van der Waals surface area contributed by atoms with Crippen LogP contribution in [0.3, 0.4) is 0 Å². The Morgan fingerprint density at radius 3 is 2.35 bits per heavy atom. The van der Waals surface area contributed by atoms with Crippen LogP contribution in [0.2, 0.25) is 0 Å². The van der Waals surface area contributed by atoms with E-state index >= 15 is 0 Å². The van der Waals surface area contributed by atoms with Crippen LogP contribution < -0.4 is 4.74 Å². The highest BCUT2D eigenvalue weighted by molar-refractivity contribution is 5.89. The number of hydrogen-bond acceptors (Lipinski definition) is 6. The number of β-amino-alcohol motifs (C(OH)–C–C–N with tert-alkyl or cyclic N) is 1. The first-order valence-corrected chi connectivity index (χ1v) is 8.06. The van der Waals surface area contributed by atoms with Gasteiger partial charge in [-0.3, -0.25) is 4.90 Å². The molecule has 1 aromatic carbocycles. The van der Waals surface area contributed by atoms with Crippen molar-refractivity contribution in [2.45, 2.75) is 13.0 Å². The number of likely N-dealkylation sites (N-methyl/N-ethyl adjacent to an activating group) is 1. The topological polar surface area (TPSA) is 62.2 Å². The Morgan fingerprint density at radius 2 is 1.78 bits per heavy atom. The van der Waals surface area contributed by atoms with E-state index in [1.54, 1.807) is 24.3 Å². The van der Waals surface area contributed by atoms with Gasteiger partial charge in [0, 0.05) is 32.7 Å². The first kappa shape index (κ1) is 17.7. The van der Waals surface area contributed by atoms with Crippen molar-refractivity contribution in [2.24, 2.45) is 0 Å². The summed E-state index contributed by atoms with van der Waals surface area (Å²) in [6.45, 7) is 8.20. The summed E-state index contributed by atoms with van der Waals surface area (Å²) in [6.07, 6.45) is -0.525. The molecule has 0 amide bonds. The summed E-state index contributed by atoms with van der Waals surface area (Å²) in [5, 5.41) is 10.1. The van der Waals surface area contributed by atoms with Crippen molar-refractivity contribution in [1.29, 1.82) is 0 Å². The summed E-state index contributed by atoms with van der Waals surface area (Å²) >= 11 is 0. The van der Waals surface area contributed by atoms with Crippen LogP contribution in [-0.4, -0.2) is 80.0 Å². The van der Waals surface area contributed by atoms with Crippen LogP contribution in [0, 0.1) is 0 Å². The molecular weight excluding hydrogens is 296 g/mol. The van der Waals surface area contributed by atoms with E-state index in [9.17, 15) is 9.90 Å². The molecule has 128 valence electrons. The number of carbonyl (C=O) groups is 1. The number of aliphatic hydroxyl groups excluding tert-OH is 1. The molecule has 0 aliphatic carbocycles. The third-order valence-electron chi connectivity index (χ3n) is 4.10. The quantitative estimate of drug-likeness (QED) is 0.751. The average Bonchev–Trinajstić information content (AvgIpc) is 2.60. The Kier molecular flexibility index (Phi) is 6.83. The van der Waals surface area contributed by atoms with E-state index < -0.39 is 6.10 Å². The molecule has 23 heavy (non-hydrogen) atoms. The first-order valence-electron chi connectivity index (χ1n) is 8.06. The molecule has 0 saturated carbocycles. The normalized spacial score (nSPS) is 17.7. The second-order valence-electron chi connectivity index (χ2n) is 5.72. The van der Waals surface area contributed by atoms with Gasteiger partial charge in [0.1, 0.15) is 18.5 Å². The van der Waals surface area contributed by atoms with Crippen LogP contribution in [0.15, 0.2) is 24.3 Å². The Hall–Kier alpha value is -1.63. The molecular formula is C17H26N2O4. The number of methoxy groups -OCH3 is 1. The minimum atomic E-state index is -0.525. The van der Waals surface area contributed by atoms with Crippen molar-refractivity contribution in [3.8, 4) is 5.75 Å². The lowest BCUT2D eigenvalue weighted by Gasteiger charge is -2.34. The SMILES string of the molecule is CCN1CCN(C[C@@H](O)COc2ccc(C(=O)OC)cc2)CC1. The second kappa shape index (κ2) is 8.86. The van der Waals surface area contributed by atoms with Gasteiger partial charge in [-0.1, -0.05) is 6.92 Å². The van der Waals surface area contributed by atoms with E-state index in [0.717, 1.165) is 32.7 Å². The van der Waals surface area contributed by atoms with Crippen LogP contribution >= 0.6 is 0 Å². The number of ether oxygens (including phenoxy) is 2. The Balaban J connectivity index is 1.72. The van der Waals surface area contributed by atoms with Gasteiger partial charge >= 0.3 is 5.97 Å². The van der Waals surface area contributed by atoms with Crippen LogP contribution in [0.25, 0.3) is 0 Å². The van der Waals surface area contributed by atoms with Crippen molar-refractivity contribution in [1.82, 2.24) is 9.80 Å². The van der Waals surface area contributed by atoms with Gasteiger partial charge in [-0.2, -0.15) is 0 Å². The molecule has 1 aliphatic heterocycles. The summed E-state index contributed by atoms with van der Waals surface area (Å²) < 4.78 is 10.2. The highest BCUT2D eigenvalue weighted by Crippen LogP contribution is 2.13. The Bertz CT molecular complexity index is 484. The molecule has 6 heteroatoms. The summed E-state index contributed by atoms with van der Waals surface area (Å²) in [5.41, 5.74) is 0.481. The predicted octanol–water partition coefficient (Wildman–Crippen LogP) is 0.850. The molecule has 2 rings (SSSR count). The zero-order chi connectivity index (χ0) is 16.7. The van der Waals surface area contributed by atoms with Crippen molar-refractivity contribution in [2.75, 3.05) is 53.0 Å². The molecule has 1 aromatic rings. The van der Waals surface area contributed by atoms with Crippen LogP contribution in [-0.2, 0) is 4.74 Å². The lowest BCUT2D eigenvalue weighted by Crippen LogP contribution is -2.49. The molecule has 1 saturated heterocycles. The minimum Gasteiger partial charge on any atom is -0.491 e. The third kappa shape index (κ3) is 5.49. The van der Waals surface area contributed by atoms with Crippen molar-refractivity contribution < 1.29 is 19.4 Å². The monoisotopic (exact) mass is 322 g/mol. The molecule has 0 unspecified atom stereocenters. The van der Waals surface area contributed by atoms with E-state index in [0.29, 0.717) is 17.9 Å². The van der Waals surface area contributed by atoms with Crippen molar-refractivity contribution >= 4 is 5.97 Å². The van der Waals surface area contributed by atoms with E-state index in [1.165, 1.54) is 7.11 Å². The number of esters is 1. The highest BCUT2D eigenvalue weighted by atomic mass is 16.5. The van der Waals surface area contributed by atoms with Gasteiger partial charge in [-0.25, -0.2) is 4.79 Å². The van der Waals surface area contributed by atoms with Crippen LogP contribution in [0.1, 0.15) is 17.3 Å². The standard InChI is InChI=1S/C17H26N2O4/c1-3-18-8-10-19(11-9-18)12-15(20)13-23-16-6-4-14(5-7-16)17(21)22-2/h4-7,15,20H,3,8-13H2,1-2H3/t15-/m1/s1. The van der Waals surface area contributed by atoms with Crippen LogP contribution in [0.5, 0.6) is 5.75 Å². The minimum absolute atomic E-state index is 0.242. The smallest absolute Gasteiger partial charge is 0.337 e. The molecule has 1 N–H and O–H groups in total. The molecule has 0 aromatic heterocycles. The van der Waals surface area contributed by atoms with Gasteiger partial charge in [0.15, 0.2) is 0 Å². The lowest BCUT2D eigenvalue weighted by atomic mass is 10.2. The zero-order valence-corrected chi connectivity index (χ0v) is 13.9. The summed E-state index contributed by atoms with van der Waals surface area (Å²) in [5.74, 6) is 0.260. The Labute approximate surface area is 137 Å². The van der Waals surface area contributed by atoms with Gasteiger partial charge in [0.25, 0.3) is 0 Å². The van der Waals surface area contributed by atoms with E-state index in [4.69, 9.17) is 4.74 Å². The summed E-state index contributed by atoms with van der Waals surface area (Å²) in [7, 11) is 1.35. The molecule has 1 heterocycles.